The first kappa shape index (κ1) is 27.5. The molecular formula is C34H37N7O. The number of hydrogen-bond acceptors (Lipinski definition) is 5. The molecule has 2 aromatic carbocycles. The highest BCUT2D eigenvalue weighted by atomic mass is 16.1. The molecule has 1 aliphatic heterocycles. The average molecular weight is 560 g/mol. The molecule has 1 saturated heterocycles. The van der Waals surface area contributed by atoms with E-state index in [0.717, 1.165) is 93.4 Å². The van der Waals surface area contributed by atoms with E-state index in [2.05, 4.69) is 77.9 Å². The molecule has 1 amide bonds. The van der Waals surface area contributed by atoms with E-state index in [1.54, 1.807) is 0 Å². The third kappa shape index (κ3) is 4.88. The number of likely N-dealkylation sites (N-methyl/N-ethyl adjacent to an activating group) is 1. The molecule has 5 aromatic rings. The Morgan fingerprint density at radius 2 is 1.69 bits per heavy atom. The SMILES string of the molecule is C=CC(=O)Nc1cc(-c2c(-c3ccc(N4CCN(C)CC4)cc3)[nH]c3ncc(-c4ncn(C)c4C)c(C)c23)ccc1C. The number of carbonyl (C=O) groups excluding carboxylic acids is 1. The summed E-state index contributed by atoms with van der Waals surface area (Å²) in [6, 6.07) is 15.0. The van der Waals surface area contributed by atoms with Crippen molar-refractivity contribution >= 4 is 28.3 Å². The van der Waals surface area contributed by atoms with Gasteiger partial charge >= 0.3 is 0 Å². The first-order valence-corrected chi connectivity index (χ1v) is 14.3. The Labute approximate surface area is 246 Å². The summed E-state index contributed by atoms with van der Waals surface area (Å²) < 4.78 is 2.03. The van der Waals surface area contributed by atoms with E-state index in [4.69, 9.17) is 9.97 Å². The lowest BCUT2D eigenvalue weighted by Crippen LogP contribution is -2.44. The number of imidazole rings is 1. The summed E-state index contributed by atoms with van der Waals surface area (Å²) in [5.41, 5.74) is 12.0. The third-order valence-electron chi connectivity index (χ3n) is 8.56. The number of nitrogens with one attached hydrogen (secondary N) is 2. The zero-order chi connectivity index (χ0) is 29.5. The van der Waals surface area contributed by atoms with Crippen LogP contribution in [0, 0.1) is 20.8 Å². The minimum Gasteiger partial charge on any atom is -0.369 e. The van der Waals surface area contributed by atoms with Crippen LogP contribution in [0.1, 0.15) is 16.8 Å². The van der Waals surface area contributed by atoms with Gasteiger partial charge in [0.15, 0.2) is 0 Å². The molecule has 214 valence electrons. The predicted octanol–water partition coefficient (Wildman–Crippen LogP) is 6.10. The largest absolute Gasteiger partial charge is 0.369 e. The second kappa shape index (κ2) is 10.9. The fraction of sp³-hybridized carbons (Fsp3) is 0.265. The molecule has 0 radical (unpaired) electrons. The lowest BCUT2D eigenvalue weighted by atomic mass is 9.93. The third-order valence-corrected chi connectivity index (χ3v) is 8.56. The van der Waals surface area contributed by atoms with Gasteiger partial charge in [-0.15, -0.1) is 0 Å². The zero-order valence-corrected chi connectivity index (χ0v) is 25.0. The second-order valence-corrected chi connectivity index (χ2v) is 11.2. The summed E-state index contributed by atoms with van der Waals surface area (Å²) in [7, 11) is 4.18. The van der Waals surface area contributed by atoms with E-state index in [-0.39, 0.29) is 5.91 Å². The van der Waals surface area contributed by atoms with Gasteiger partial charge in [-0.05, 0) is 74.3 Å². The molecule has 1 fully saturated rings. The van der Waals surface area contributed by atoms with Gasteiger partial charge in [0.2, 0.25) is 5.91 Å². The first-order chi connectivity index (χ1) is 20.2. The molecule has 1 aliphatic rings. The lowest BCUT2D eigenvalue weighted by Gasteiger charge is -2.34. The Balaban J connectivity index is 1.53. The van der Waals surface area contributed by atoms with E-state index in [1.165, 1.54) is 11.8 Å². The van der Waals surface area contributed by atoms with Gasteiger partial charge in [0.25, 0.3) is 0 Å². The van der Waals surface area contributed by atoms with Gasteiger partial charge in [-0.3, -0.25) is 4.79 Å². The Kier molecular flexibility index (Phi) is 7.16. The molecule has 0 spiro atoms. The number of aryl methyl sites for hydroxylation is 3. The average Bonchev–Trinajstić information content (AvgIpc) is 3.55. The van der Waals surface area contributed by atoms with Crippen LogP contribution < -0.4 is 10.2 Å². The highest BCUT2D eigenvalue weighted by Crippen LogP contribution is 2.43. The van der Waals surface area contributed by atoms with E-state index in [1.807, 2.05) is 43.2 Å². The number of nitrogens with zero attached hydrogens (tertiary/aromatic N) is 5. The summed E-state index contributed by atoms with van der Waals surface area (Å²) >= 11 is 0. The van der Waals surface area contributed by atoms with Gasteiger partial charge in [-0.1, -0.05) is 30.8 Å². The second-order valence-electron chi connectivity index (χ2n) is 11.2. The van der Waals surface area contributed by atoms with Crippen molar-refractivity contribution in [3.05, 3.63) is 84.5 Å². The molecule has 0 aliphatic carbocycles. The maximum absolute atomic E-state index is 12.2. The van der Waals surface area contributed by atoms with Gasteiger partial charge in [0.1, 0.15) is 5.65 Å². The number of benzene rings is 2. The molecule has 0 bridgehead atoms. The number of fused-ring (bicyclic) bond motifs is 1. The van der Waals surface area contributed by atoms with Crippen LogP contribution in [0.25, 0.3) is 44.7 Å². The fourth-order valence-corrected chi connectivity index (χ4v) is 5.81. The summed E-state index contributed by atoms with van der Waals surface area (Å²) in [4.78, 5) is 30.3. The Morgan fingerprint density at radius 1 is 0.976 bits per heavy atom. The number of pyridine rings is 1. The van der Waals surface area contributed by atoms with E-state index in [9.17, 15) is 4.79 Å². The van der Waals surface area contributed by atoms with Crippen molar-refractivity contribution < 1.29 is 4.79 Å². The van der Waals surface area contributed by atoms with E-state index < -0.39 is 0 Å². The Bertz CT molecular complexity index is 1800. The molecule has 42 heavy (non-hydrogen) atoms. The van der Waals surface area contributed by atoms with Gasteiger partial charge in [0.05, 0.1) is 17.7 Å². The normalized spacial score (nSPS) is 14.0. The smallest absolute Gasteiger partial charge is 0.247 e. The summed E-state index contributed by atoms with van der Waals surface area (Å²) in [6.07, 6.45) is 5.05. The summed E-state index contributed by atoms with van der Waals surface area (Å²) in [5.74, 6) is -0.236. The Morgan fingerprint density at radius 3 is 2.36 bits per heavy atom. The maximum atomic E-state index is 12.2. The van der Waals surface area contributed by atoms with Crippen molar-refractivity contribution in [3.8, 4) is 33.6 Å². The summed E-state index contributed by atoms with van der Waals surface area (Å²) in [5, 5.41) is 4.02. The molecule has 8 nitrogen and oxygen atoms in total. The lowest BCUT2D eigenvalue weighted by molar-refractivity contribution is -0.111. The number of amides is 1. The molecule has 0 unspecified atom stereocenters. The number of aromatic nitrogens is 4. The van der Waals surface area contributed by atoms with Gasteiger partial charge in [-0.25, -0.2) is 9.97 Å². The maximum Gasteiger partial charge on any atom is 0.247 e. The van der Waals surface area contributed by atoms with Gasteiger partial charge in [0, 0.05) is 73.0 Å². The van der Waals surface area contributed by atoms with Crippen molar-refractivity contribution in [3.63, 3.8) is 0 Å². The zero-order valence-electron chi connectivity index (χ0n) is 25.0. The monoisotopic (exact) mass is 559 g/mol. The number of carbonyl (C=O) groups is 1. The van der Waals surface area contributed by atoms with Crippen LogP contribution >= 0.6 is 0 Å². The number of rotatable bonds is 6. The number of aromatic amines is 1. The highest BCUT2D eigenvalue weighted by molar-refractivity contribution is 6.07. The minimum absolute atomic E-state index is 0.236. The van der Waals surface area contributed by atoms with Crippen LogP contribution in [0.3, 0.4) is 0 Å². The molecule has 4 heterocycles. The van der Waals surface area contributed by atoms with E-state index in [0.29, 0.717) is 0 Å². The Hall–Kier alpha value is -4.69. The highest BCUT2D eigenvalue weighted by Gasteiger charge is 2.22. The van der Waals surface area contributed by atoms with Crippen molar-refractivity contribution in [1.29, 1.82) is 0 Å². The van der Waals surface area contributed by atoms with Crippen LogP contribution in [-0.4, -0.2) is 63.6 Å². The molecule has 0 atom stereocenters. The molecule has 2 N–H and O–H groups in total. The molecule has 8 heteroatoms. The van der Waals surface area contributed by atoms with Crippen molar-refractivity contribution in [2.75, 3.05) is 43.4 Å². The topological polar surface area (TPSA) is 82.1 Å². The van der Waals surface area contributed by atoms with Crippen molar-refractivity contribution in [2.24, 2.45) is 7.05 Å². The molecule has 0 saturated carbocycles. The quantitative estimate of drug-likeness (QED) is 0.246. The van der Waals surface area contributed by atoms with E-state index >= 15 is 0 Å². The predicted molar refractivity (Wildman–Crippen MR) is 172 cm³/mol. The fourth-order valence-electron chi connectivity index (χ4n) is 5.81. The molecule has 6 rings (SSSR count). The number of anilines is 2. The van der Waals surface area contributed by atoms with Gasteiger partial charge < -0.3 is 24.7 Å². The van der Waals surface area contributed by atoms with Crippen LogP contribution in [0.5, 0.6) is 0 Å². The summed E-state index contributed by atoms with van der Waals surface area (Å²) in [6.45, 7) is 14.0. The molecular weight excluding hydrogens is 522 g/mol. The number of hydrogen-bond donors (Lipinski definition) is 2. The standard InChI is InChI=1S/C34H37N7O/c1-7-29(42)37-28-18-25(9-8-21(28)2)31-30-22(3)27(32-23(4)40(6)20-36-32)19-35-34(30)38-33(31)24-10-12-26(13-11-24)41-16-14-39(5)15-17-41/h7-13,18-20H,1,14-17H2,2-6H3,(H,35,38)(H,37,42). The van der Waals surface area contributed by atoms with Crippen LogP contribution in [-0.2, 0) is 11.8 Å². The van der Waals surface area contributed by atoms with Crippen LogP contribution in [0.2, 0.25) is 0 Å². The van der Waals surface area contributed by atoms with Crippen molar-refractivity contribution in [1.82, 2.24) is 24.4 Å². The minimum atomic E-state index is -0.236. The molecule has 3 aromatic heterocycles. The van der Waals surface area contributed by atoms with Crippen LogP contribution in [0.15, 0.2) is 67.6 Å². The number of piperazine rings is 1. The van der Waals surface area contributed by atoms with Crippen molar-refractivity contribution in [2.45, 2.75) is 20.8 Å². The van der Waals surface area contributed by atoms with Gasteiger partial charge in [-0.2, -0.15) is 0 Å². The first-order valence-electron chi connectivity index (χ1n) is 14.3. The van der Waals surface area contributed by atoms with Crippen LogP contribution in [0.4, 0.5) is 11.4 Å². The number of H-pyrrole nitrogens is 1.